The molecule has 34 heavy (non-hydrogen) atoms. The van der Waals surface area contributed by atoms with Crippen molar-refractivity contribution >= 4 is 11.6 Å². The Bertz CT molecular complexity index is 1150. The molecule has 3 aromatic carbocycles. The van der Waals surface area contributed by atoms with Crippen LogP contribution in [0.3, 0.4) is 0 Å². The number of nitrogens with one attached hydrogen (secondary N) is 1. The fourth-order valence-corrected chi connectivity index (χ4v) is 4.59. The summed E-state index contributed by atoms with van der Waals surface area (Å²) in [5.41, 5.74) is 5.99. The molecule has 1 aliphatic heterocycles. The predicted octanol–water partition coefficient (Wildman–Crippen LogP) is 5.06. The number of rotatable bonds is 6. The largest absolute Gasteiger partial charge is 0.324 e. The highest BCUT2D eigenvalue weighted by molar-refractivity contribution is 5.96. The lowest BCUT2D eigenvalue weighted by Crippen LogP contribution is -2.39. The van der Waals surface area contributed by atoms with Gasteiger partial charge in [0.15, 0.2) is 0 Å². The standard InChI is InChI=1S/C29H32N4O/c1-22-9-10-23(2)27(19-22)31-29(34)28(26-7-4-3-5-8-26)33-16-6-15-32(17-18-33)21-25-13-11-24(20-30)12-14-25/h3-5,7-14,19,28H,6,15-18,21H2,1-2H3,(H,31,34). The Balaban J connectivity index is 1.49. The van der Waals surface area contributed by atoms with E-state index in [0.29, 0.717) is 5.56 Å². The SMILES string of the molecule is Cc1ccc(C)c(NC(=O)C(c2ccccc2)N2CCCN(Cc3ccc(C#N)cc3)CC2)c1. The summed E-state index contributed by atoms with van der Waals surface area (Å²) in [5.74, 6) is 0.0143. The van der Waals surface area contributed by atoms with Gasteiger partial charge in [0.2, 0.25) is 5.91 Å². The van der Waals surface area contributed by atoms with Crippen LogP contribution in [0, 0.1) is 25.2 Å². The molecule has 1 heterocycles. The van der Waals surface area contributed by atoms with Gasteiger partial charge in [-0.3, -0.25) is 14.6 Å². The van der Waals surface area contributed by atoms with E-state index in [9.17, 15) is 4.79 Å². The average Bonchev–Trinajstić information content (AvgIpc) is 3.08. The Labute approximate surface area is 202 Å². The highest BCUT2D eigenvalue weighted by atomic mass is 16.2. The van der Waals surface area contributed by atoms with Crippen molar-refractivity contribution < 1.29 is 4.79 Å². The zero-order chi connectivity index (χ0) is 23.9. The second-order valence-corrected chi connectivity index (χ2v) is 9.10. The number of amides is 1. The van der Waals surface area contributed by atoms with Crippen LogP contribution in [0.25, 0.3) is 0 Å². The first-order valence-corrected chi connectivity index (χ1v) is 11.9. The molecular weight excluding hydrogens is 420 g/mol. The fourth-order valence-electron chi connectivity index (χ4n) is 4.59. The summed E-state index contributed by atoms with van der Waals surface area (Å²) in [7, 11) is 0. The number of carbonyl (C=O) groups is 1. The maximum atomic E-state index is 13.6. The van der Waals surface area contributed by atoms with E-state index < -0.39 is 0 Å². The maximum Gasteiger partial charge on any atom is 0.246 e. The molecule has 0 bridgehead atoms. The first kappa shape index (κ1) is 23.7. The van der Waals surface area contributed by atoms with E-state index in [-0.39, 0.29) is 11.9 Å². The summed E-state index contributed by atoms with van der Waals surface area (Å²) < 4.78 is 0. The van der Waals surface area contributed by atoms with Gasteiger partial charge in [0.05, 0.1) is 11.6 Å². The van der Waals surface area contributed by atoms with Gasteiger partial charge in [-0.15, -0.1) is 0 Å². The lowest BCUT2D eigenvalue weighted by molar-refractivity contribution is -0.121. The number of nitrogens with zero attached hydrogens (tertiary/aromatic N) is 3. The molecule has 3 aromatic rings. The molecule has 1 unspecified atom stereocenters. The first-order valence-electron chi connectivity index (χ1n) is 11.9. The number of nitriles is 1. The lowest BCUT2D eigenvalue weighted by atomic mass is 10.0. The summed E-state index contributed by atoms with van der Waals surface area (Å²) >= 11 is 0. The van der Waals surface area contributed by atoms with Crippen LogP contribution in [0.15, 0.2) is 72.8 Å². The minimum absolute atomic E-state index is 0.0143. The minimum Gasteiger partial charge on any atom is -0.324 e. The van der Waals surface area contributed by atoms with Crippen LogP contribution < -0.4 is 5.32 Å². The van der Waals surface area contributed by atoms with Gasteiger partial charge in [-0.1, -0.05) is 54.6 Å². The highest BCUT2D eigenvalue weighted by Crippen LogP contribution is 2.26. The molecule has 0 spiro atoms. The molecule has 1 aliphatic rings. The van der Waals surface area contributed by atoms with E-state index in [1.165, 1.54) is 5.56 Å². The third kappa shape index (κ3) is 5.91. The monoisotopic (exact) mass is 452 g/mol. The fraction of sp³-hybridized carbons (Fsp3) is 0.310. The average molecular weight is 453 g/mol. The summed E-state index contributed by atoms with van der Waals surface area (Å²) in [6.07, 6.45) is 0.996. The van der Waals surface area contributed by atoms with Gasteiger partial charge in [-0.05, 0) is 67.3 Å². The van der Waals surface area contributed by atoms with Crippen LogP contribution in [-0.2, 0) is 11.3 Å². The van der Waals surface area contributed by atoms with E-state index in [0.717, 1.165) is 61.5 Å². The Morgan fingerprint density at radius 1 is 0.971 bits per heavy atom. The topological polar surface area (TPSA) is 59.4 Å². The number of aryl methyl sites for hydroxylation is 2. The molecule has 1 amide bonds. The molecule has 0 aromatic heterocycles. The molecule has 0 radical (unpaired) electrons. The summed E-state index contributed by atoms with van der Waals surface area (Å²) in [5, 5.41) is 12.2. The molecule has 1 saturated heterocycles. The van der Waals surface area contributed by atoms with Gasteiger partial charge in [0.1, 0.15) is 6.04 Å². The van der Waals surface area contributed by atoms with Gasteiger partial charge in [-0.25, -0.2) is 0 Å². The van der Waals surface area contributed by atoms with Gasteiger partial charge in [0.25, 0.3) is 0 Å². The van der Waals surface area contributed by atoms with E-state index in [1.807, 2.05) is 74.5 Å². The smallest absolute Gasteiger partial charge is 0.246 e. The van der Waals surface area contributed by atoms with E-state index in [1.54, 1.807) is 0 Å². The Morgan fingerprint density at radius 2 is 1.74 bits per heavy atom. The van der Waals surface area contributed by atoms with Gasteiger partial charge >= 0.3 is 0 Å². The normalized spacial score (nSPS) is 15.8. The van der Waals surface area contributed by atoms with E-state index in [4.69, 9.17) is 5.26 Å². The quantitative estimate of drug-likeness (QED) is 0.568. The Morgan fingerprint density at radius 3 is 2.47 bits per heavy atom. The van der Waals surface area contributed by atoms with Crippen LogP contribution >= 0.6 is 0 Å². The molecule has 5 heteroatoms. The molecule has 5 nitrogen and oxygen atoms in total. The van der Waals surface area contributed by atoms with Gasteiger partial charge in [-0.2, -0.15) is 5.26 Å². The maximum absolute atomic E-state index is 13.6. The molecule has 0 aliphatic carbocycles. The molecular formula is C29H32N4O. The van der Waals surface area contributed by atoms with Crippen LogP contribution in [0.4, 0.5) is 5.69 Å². The van der Waals surface area contributed by atoms with Crippen molar-refractivity contribution in [2.45, 2.75) is 32.9 Å². The number of benzene rings is 3. The highest BCUT2D eigenvalue weighted by Gasteiger charge is 2.29. The zero-order valence-electron chi connectivity index (χ0n) is 20.0. The molecule has 0 saturated carbocycles. The number of anilines is 1. The third-order valence-electron chi connectivity index (χ3n) is 6.49. The Kier molecular flexibility index (Phi) is 7.74. The number of carbonyl (C=O) groups excluding carboxylic acids is 1. The number of hydrogen-bond donors (Lipinski definition) is 1. The summed E-state index contributed by atoms with van der Waals surface area (Å²) in [4.78, 5) is 18.4. The van der Waals surface area contributed by atoms with E-state index in [2.05, 4.69) is 33.3 Å². The van der Waals surface area contributed by atoms with Crippen molar-refractivity contribution in [1.29, 1.82) is 5.26 Å². The molecule has 1 fully saturated rings. The van der Waals surface area contributed by atoms with Crippen molar-refractivity contribution in [1.82, 2.24) is 9.80 Å². The van der Waals surface area contributed by atoms with Crippen LogP contribution in [0.5, 0.6) is 0 Å². The van der Waals surface area contributed by atoms with Crippen molar-refractivity contribution in [3.05, 3.63) is 101 Å². The second kappa shape index (κ2) is 11.1. The zero-order valence-corrected chi connectivity index (χ0v) is 20.0. The summed E-state index contributed by atoms with van der Waals surface area (Å²) in [6.45, 7) is 8.47. The van der Waals surface area contributed by atoms with Crippen molar-refractivity contribution in [2.24, 2.45) is 0 Å². The van der Waals surface area contributed by atoms with Gasteiger partial charge in [0, 0.05) is 31.9 Å². The second-order valence-electron chi connectivity index (χ2n) is 9.10. The number of hydrogen-bond acceptors (Lipinski definition) is 4. The molecule has 174 valence electrons. The molecule has 1 atom stereocenters. The molecule has 4 rings (SSSR count). The van der Waals surface area contributed by atoms with Gasteiger partial charge < -0.3 is 5.32 Å². The third-order valence-corrected chi connectivity index (χ3v) is 6.49. The van der Waals surface area contributed by atoms with Crippen molar-refractivity contribution in [3.8, 4) is 6.07 Å². The lowest BCUT2D eigenvalue weighted by Gasteiger charge is -2.30. The van der Waals surface area contributed by atoms with Crippen molar-refractivity contribution in [3.63, 3.8) is 0 Å². The van der Waals surface area contributed by atoms with Crippen LogP contribution in [-0.4, -0.2) is 41.9 Å². The van der Waals surface area contributed by atoms with Crippen LogP contribution in [0.1, 0.15) is 40.3 Å². The first-order chi connectivity index (χ1) is 16.5. The Hall–Kier alpha value is -3.46. The molecule has 1 N–H and O–H groups in total. The summed E-state index contributed by atoms with van der Waals surface area (Å²) in [6, 6.07) is 25.9. The van der Waals surface area contributed by atoms with Crippen molar-refractivity contribution in [2.75, 3.05) is 31.5 Å². The van der Waals surface area contributed by atoms with Crippen LogP contribution in [0.2, 0.25) is 0 Å². The predicted molar refractivity (Wildman–Crippen MR) is 136 cm³/mol. The minimum atomic E-state index is -0.337. The van der Waals surface area contributed by atoms with E-state index >= 15 is 0 Å².